The Morgan fingerprint density at radius 2 is 2.14 bits per heavy atom. The highest BCUT2D eigenvalue weighted by Gasteiger charge is 2.46. The van der Waals surface area contributed by atoms with Gasteiger partial charge in [0.1, 0.15) is 11.6 Å². The van der Waals surface area contributed by atoms with E-state index in [4.69, 9.17) is 4.74 Å². The number of halogens is 2. The predicted molar refractivity (Wildman–Crippen MR) is 53.8 cm³/mol. The largest absolute Gasteiger partial charge is 0.496 e. The first-order valence-electron chi connectivity index (χ1n) is 4.33. The zero-order chi connectivity index (χ0) is 10.3. The molecule has 1 aliphatic carbocycles. The first-order chi connectivity index (χ1) is 6.58. The lowest BCUT2D eigenvalue weighted by molar-refractivity contribution is 0.145. The molecule has 1 fully saturated rings. The van der Waals surface area contributed by atoms with E-state index >= 15 is 0 Å². The average Bonchev–Trinajstić information content (AvgIpc) is 2.85. The highest BCUT2D eigenvalue weighted by Crippen LogP contribution is 2.50. The van der Waals surface area contributed by atoms with Crippen molar-refractivity contribution >= 4 is 15.9 Å². The molecule has 1 N–H and O–H groups in total. The summed E-state index contributed by atoms with van der Waals surface area (Å²) in [6, 6.07) is 2.85. The van der Waals surface area contributed by atoms with Crippen molar-refractivity contribution in [2.24, 2.45) is 0 Å². The average molecular weight is 261 g/mol. The van der Waals surface area contributed by atoms with Gasteiger partial charge in [-0.25, -0.2) is 4.39 Å². The van der Waals surface area contributed by atoms with Crippen LogP contribution in [0.3, 0.4) is 0 Å². The summed E-state index contributed by atoms with van der Waals surface area (Å²) in [5.41, 5.74) is -0.672. The Balaban J connectivity index is 2.56. The second-order valence-electron chi connectivity index (χ2n) is 3.47. The summed E-state index contributed by atoms with van der Waals surface area (Å²) in [6.07, 6.45) is 1.21. The summed E-state index contributed by atoms with van der Waals surface area (Å²) in [7, 11) is 1.51. The molecule has 1 aliphatic rings. The summed E-state index contributed by atoms with van der Waals surface area (Å²) >= 11 is 3.24. The number of rotatable bonds is 2. The molecule has 0 bridgehead atoms. The SMILES string of the molecule is COc1ccc(F)c(C2(O)CC2)c1Br. The van der Waals surface area contributed by atoms with Gasteiger partial charge in [-0.05, 0) is 40.9 Å². The van der Waals surface area contributed by atoms with E-state index in [1.807, 2.05) is 0 Å². The number of ether oxygens (including phenoxy) is 1. The first-order valence-corrected chi connectivity index (χ1v) is 5.12. The lowest BCUT2D eigenvalue weighted by Gasteiger charge is -2.14. The zero-order valence-electron chi connectivity index (χ0n) is 7.68. The minimum absolute atomic E-state index is 0.317. The summed E-state index contributed by atoms with van der Waals surface area (Å²) in [4.78, 5) is 0. The maximum absolute atomic E-state index is 13.5. The molecule has 2 rings (SSSR count). The highest BCUT2D eigenvalue weighted by atomic mass is 79.9. The second-order valence-corrected chi connectivity index (χ2v) is 4.26. The number of hydrogen-bond donors (Lipinski definition) is 1. The van der Waals surface area contributed by atoms with E-state index in [9.17, 15) is 9.50 Å². The quantitative estimate of drug-likeness (QED) is 0.886. The van der Waals surface area contributed by atoms with Gasteiger partial charge in [-0.15, -0.1) is 0 Å². The van der Waals surface area contributed by atoms with Crippen LogP contribution in [0.1, 0.15) is 18.4 Å². The van der Waals surface area contributed by atoms with Crippen molar-refractivity contribution in [2.45, 2.75) is 18.4 Å². The first kappa shape index (κ1) is 9.93. The van der Waals surface area contributed by atoms with Crippen molar-refractivity contribution in [1.29, 1.82) is 0 Å². The lowest BCUT2D eigenvalue weighted by atomic mass is 10.1. The molecular formula is C10H10BrFO2. The molecule has 1 aromatic rings. The predicted octanol–water partition coefficient (Wildman–Crippen LogP) is 2.58. The molecule has 0 heterocycles. The summed E-state index contributed by atoms with van der Waals surface area (Å²) in [6.45, 7) is 0. The van der Waals surface area contributed by atoms with Gasteiger partial charge < -0.3 is 9.84 Å². The van der Waals surface area contributed by atoms with Crippen LogP contribution < -0.4 is 4.74 Å². The van der Waals surface area contributed by atoms with E-state index in [0.717, 1.165) is 0 Å². The van der Waals surface area contributed by atoms with E-state index in [-0.39, 0.29) is 0 Å². The van der Waals surface area contributed by atoms with Crippen LogP contribution in [0.15, 0.2) is 16.6 Å². The molecule has 0 unspecified atom stereocenters. The van der Waals surface area contributed by atoms with Crippen LogP contribution in [0.4, 0.5) is 4.39 Å². The molecule has 0 aliphatic heterocycles. The molecule has 0 spiro atoms. The minimum Gasteiger partial charge on any atom is -0.496 e. The molecule has 0 amide bonds. The van der Waals surface area contributed by atoms with Crippen molar-refractivity contribution in [3.8, 4) is 5.75 Å². The maximum atomic E-state index is 13.5. The maximum Gasteiger partial charge on any atom is 0.133 e. The fourth-order valence-corrected chi connectivity index (χ4v) is 2.34. The Hall–Kier alpha value is -0.610. The van der Waals surface area contributed by atoms with Crippen LogP contribution in [0.25, 0.3) is 0 Å². The molecule has 0 atom stereocenters. The molecule has 1 aromatic carbocycles. The van der Waals surface area contributed by atoms with Gasteiger partial charge in [0, 0.05) is 5.56 Å². The minimum atomic E-state index is -0.989. The Morgan fingerprint density at radius 3 is 2.64 bits per heavy atom. The van der Waals surface area contributed by atoms with Crippen molar-refractivity contribution in [3.05, 3.63) is 28.0 Å². The van der Waals surface area contributed by atoms with Gasteiger partial charge in [0.05, 0.1) is 17.2 Å². The molecule has 2 nitrogen and oxygen atoms in total. The Morgan fingerprint density at radius 1 is 1.50 bits per heavy atom. The Bertz CT molecular complexity index is 375. The number of methoxy groups -OCH3 is 1. The summed E-state index contributed by atoms with van der Waals surface area (Å²) in [5.74, 6) is 0.152. The van der Waals surface area contributed by atoms with Crippen LogP contribution in [0, 0.1) is 5.82 Å². The van der Waals surface area contributed by atoms with Crippen LogP contribution in [0.5, 0.6) is 5.75 Å². The van der Waals surface area contributed by atoms with Crippen LogP contribution >= 0.6 is 15.9 Å². The highest BCUT2D eigenvalue weighted by molar-refractivity contribution is 9.10. The van der Waals surface area contributed by atoms with E-state index in [1.165, 1.54) is 19.2 Å². The van der Waals surface area contributed by atoms with Gasteiger partial charge in [-0.1, -0.05) is 0 Å². The summed E-state index contributed by atoms with van der Waals surface area (Å²) < 4.78 is 19.0. The molecule has 0 radical (unpaired) electrons. The van der Waals surface area contributed by atoms with Crippen molar-refractivity contribution < 1.29 is 14.2 Å². The second kappa shape index (κ2) is 3.21. The Kier molecular flexibility index (Phi) is 2.27. The smallest absolute Gasteiger partial charge is 0.133 e. The zero-order valence-corrected chi connectivity index (χ0v) is 9.27. The van der Waals surface area contributed by atoms with Gasteiger partial charge in [-0.2, -0.15) is 0 Å². The van der Waals surface area contributed by atoms with Crippen molar-refractivity contribution in [1.82, 2.24) is 0 Å². The fourth-order valence-electron chi connectivity index (χ4n) is 1.49. The third-order valence-corrected chi connectivity index (χ3v) is 3.25. The normalized spacial score (nSPS) is 18.0. The van der Waals surface area contributed by atoms with E-state index in [0.29, 0.717) is 28.6 Å². The van der Waals surface area contributed by atoms with Gasteiger partial charge in [0.15, 0.2) is 0 Å². The van der Waals surface area contributed by atoms with E-state index in [2.05, 4.69) is 15.9 Å². The monoisotopic (exact) mass is 260 g/mol. The standard InChI is InChI=1S/C10H10BrFO2/c1-14-7-3-2-6(12)8(9(7)11)10(13)4-5-10/h2-3,13H,4-5H2,1H3. The third kappa shape index (κ3) is 1.42. The van der Waals surface area contributed by atoms with Crippen LogP contribution in [-0.4, -0.2) is 12.2 Å². The van der Waals surface area contributed by atoms with E-state index in [1.54, 1.807) is 0 Å². The molecule has 76 valence electrons. The Labute approximate surface area is 89.8 Å². The lowest BCUT2D eigenvalue weighted by Crippen LogP contribution is -2.09. The molecule has 0 saturated heterocycles. The number of benzene rings is 1. The molecular weight excluding hydrogens is 251 g/mol. The van der Waals surface area contributed by atoms with Gasteiger partial charge in [0.2, 0.25) is 0 Å². The van der Waals surface area contributed by atoms with Gasteiger partial charge in [-0.3, -0.25) is 0 Å². The van der Waals surface area contributed by atoms with Gasteiger partial charge >= 0.3 is 0 Å². The van der Waals surface area contributed by atoms with Crippen molar-refractivity contribution in [3.63, 3.8) is 0 Å². The van der Waals surface area contributed by atoms with Crippen molar-refractivity contribution in [2.75, 3.05) is 7.11 Å². The van der Waals surface area contributed by atoms with Crippen LogP contribution in [-0.2, 0) is 5.60 Å². The van der Waals surface area contributed by atoms with Crippen LogP contribution in [0.2, 0.25) is 0 Å². The number of hydrogen-bond acceptors (Lipinski definition) is 2. The number of aliphatic hydroxyl groups is 1. The third-order valence-electron chi connectivity index (χ3n) is 2.46. The fraction of sp³-hybridized carbons (Fsp3) is 0.400. The molecule has 0 aromatic heterocycles. The summed E-state index contributed by atoms with van der Waals surface area (Å²) in [5, 5.41) is 9.86. The molecule has 14 heavy (non-hydrogen) atoms. The van der Waals surface area contributed by atoms with Gasteiger partial charge in [0.25, 0.3) is 0 Å². The molecule has 4 heteroatoms. The van der Waals surface area contributed by atoms with E-state index < -0.39 is 11.4 Å². The molecule has 1 saturated carbocycles. The topological polar surface area (TPSA) is 29.5 Å².